The van der Waals surface area contributed by atoms with Gasteiger partial charge in [0.05, 0.1) is 48.4 Å². The van der Waals surface area contributed by atoms with E-state index in [1.807, 2.05) is 11.8 Å². The minimum atomic E-state index is -2.51. The molecule has 2 saturated heterocycles. The van der Waals surface area contributed by atoms with E-state index in [9.17, 15) is 37.4 Å². The third kappa shape index (κ3) is 13.8. The van der Waals surface area contributed by atoms with Gasteiger partial charge in [0.15, 0.2) is 11.6 Å². The Balaban J connectivity index is 0.000000219. The SMILES string of the molecule is C[C@@H]1COCCN1c1cc(N=S(C)(C)=O)nc(Cl)n1.C[C@@H]1COCCN1c1cc(N=S(C)(C)=O)nc(Nc2cccc(F)c2[N+](=O)[O-])n1.Nc1cccc(F)c1[N+](=O)[O-]. The van der Waals surface area contributed by atoms with Crippen LogP contribution in [0.25, 0.3) is 0 Å². The highest BCUT2D eigenvalue weighted by Crippen LogP contribution is 2.32. The molecule has 6 rings (SSSR count). The minimum Gasteiger partial charge on any atom is -0.393 e. The van der Waals surface area contributed by atoms with Crippen LogP contribution in [0.2, 0.25) is 5.28 Å². The number of nitrogen functional groups attached to an aromatic ring is 1. The van der Waals surface area contributed by atoms with Gasteiger partial charge in [-0.25, -0.2) is 13.4 Å². The number of rotatable bonds is 8. The predicted octanol–water partition coefficient (Wildman–Crippen LogP) is 5.88. The molecule has 0 bridgehead atoms. The number of benzene rings is 2. The Hall–Kier alpha value is -5.43. The fraction of sp³-hybridized carbons (Fsp3) is 0.412. The van der Waals surface area contributed by atoms with Crippen molar-refractivity contribution in [1.29, 1.82) is 0 Å². The van der Waals surface area contributed by atoms with E-state index in [1.165, 1.54) is 36.8 Å². The lowest BCUT2D eigenvalue weighted by Gasteiger charge is -2.34. The molecule has 2 aromatic carbocycles. The molecule has 2 atom stereocenters. The average molecular weight is 885 g/mol. The van der Waals surface area contributed by atoms with E-state index in [0.717, 1.165) is 18.7 Å². The second kappa shape index (κ2) is 20.0. The van der Waals surface area contributed by atoms with Crippen molar-refractivity contribution in [3.63, 3.8) is 0 Å². The molecule has 0 radical (unpaired) electrons. The van der Waals surface area contributed by atoms with Crippen molar-refractivity contribution in [3.8, 4) is 0 Å². The maximum Gasteiger partial charge on any atom is 0.328 e. The molecule has 25 heteroatoms. The number of anilines is 5. The van der Waals surface area contributed by atoms with Crippen molar-refractivity contribution in [1.82, 2.24) is 19.9 Å². The Morgan fingerprint density at radius 3 is 1.73 bits per heavy atom. The highest BCUT2D eigenvalue weighted by molar-refractivity contribution is 7.92. The van der Waals surface area contributed by atoms with Crippen LogP contribution < -0.4 is 20.9 Å². The predicted molar refractivity (Wildman–Crippen MR) is 222 cm³/mol. The summed E-state index contributed by atoms with van der Waals surface area (Å²) in [6, 6.07) is 10.8. The quantitative estimate of drug-likeness (QED) is 0.0905. The van der Waals surface area contributed by atoms with Gasteiger partial charge in [0.25, 0.3) is 0 Å². The maximum atomic E-state index is 13.9. The zero-order valence-corrected chi connectivity index (χ0v) is 35.2. The molecule has 20 nitrogen and oxygen atoms in total. The number of hydrogen-bond acceptors (Lipinski definition) is 18. The van der Waals surface area contributed by atoms with Gasteiger partial charge in [-0.05, 0) is 49.7 Å². The van der Waals surface area contributed by atoms with Crippen LogP contribution in [0.15, 0.2) is 57.3 Å². The van der Waals surface area contributed by atoms with E-state index < -0.39 is 52.3 Å². The second-order valence-electron chi connectivity index (χ2n) is 13.5. The molecule has 4 heterocycles. The van der Waals surface area contributed by atoms with E-state index in [4.69, 9.17) is 26.8 Å². The van der Waals surface area contributed by atoms with Crippen molar-refractivity contribution >= 4 is 83.0 Å². The van der Waals surface area contributed by atoms with E-state index in [1.54, 1.807) is 24.6 Å². The van der Waals surface area contributed by atoms with Crippen molar-refractivity contribution < 1.29 is 36.5 Å². The normalized spacial score (nSPS) is 16.8. The third-order valence-corrected chi connectivity index (χ3v) is 9.36. The summed E-state index contributed by atoms with van der Waals surface area (Å²) in [7, 11) is -4.78. The smallest absolute Gasteiger partial charge is 0.328 e. The van der Waals surface area contributed by atoms with E-state index in [2.05, 4.69) is 45.8 Å². The Kier molecular flexibility index (Phi) is 15.7. The first-order chi connectivity index (χ1) is 27.6. The van der Waals surface area contributed by atoms with Crippen molar-refractivity contribution in [2.45, 2.75) is 25.9 Å². The number of hydrogen-bond donors (Lipinski definition) is 2. The maximum absolute atomic E-state index is 13.9. The number of halogens is 3. The monoisotopic (exact) mass is 884 g/mol. The zero-order valence-electron chi connectivity index (χ0n) is 32.8. The Morgan fingerprint density at radius 1 is 0.797 bits per heavy atom. The molecule has 0 saturated carbocycles. The molecular weight excluding hydrogens is 842 g/mol. The largest absolute Gasteiger partial charge is 0.393 e. The van der Waals surface area contributed by atoms with Gasteiger partial charge in [0.2, 0.25) is 22.9 Å². The molecule has 2 aromatic heterocycles. The van der Waals surface area contributed by atoms with Gasteiger partial charge < -0.3 is 30.3 Å². The van der Waals surface area contributed by atoms with Crippen LogP contribution in [-0.4, -0.2) is 115 Å². The first kappa shape index (κ1) is 46.3. The summed E-state index contributed by atoms with van der Waals surface area (Å²) in [5.41, 5.74) is 3.51. The Labute approximate surface area is 344 Å². The van der Waals surface area contributed by atoms with E-state index >= 15 is 0 Å². The highest BCUT2D eigenvalue weighted by atomic mass is 35.5. The Bertz CT molecular complexity index is 2400. The van der Waals surface area contributed by atoms with Crippen LogP contribution in [0.3, 0.4) is 0 Å². The molecule has 0 aliphatic carbocycles. The van der Waals surface area contributed by atoms with Crippen molar-refractivity contribution in [2.75, 3.05) is 85.4 Å². The first-order valence-electron chi connectivity index (χ1n) is 17.5. The number of nitrogens with two attached hydrogens (primary N) is 1. The van der Waals surface area contributed by atoms with Crippen molar-refractivity contribution in [2.24, 2.45) is 8.73 Å². The Morgan fingerprint density at radius 2 is 1.27 bits per heavy atom. The standard InChI is InChI=1S/C17H21FN6O4S.C11H17ClN4O2S.C6H5FN2O2/c1-11-10-28-8-7-23(11)15-9-14(22-29(2,3)27)20-17(21-15)19-13-6-4-5-12(18)16(13)24(25)26;1-8-7-18-5-4-16(8)10-6-9(13-11(12)14-10)15-19(2,3)17;7-4-2-1-3-5(8)6(4)9(10)11/h4-6,9,11H,7-8,10H2,1-3H3,(H,19,20,21);6,8H,4-5,7H2,1-3H3;1-3H,8H2/t11-;8-;/m11./s1. The first-order valence-corrected chi connectivity index (χ1v) is 22.5. The third-order valence-electron chi connectivity index (χ3n) is 7.94. The average Bonchev–Trinajstić information content (AvgIpc) is 3.10. The molecule has 2 aliphatic rings. The molecule has 320 valence electrons. The number of nitrogens with one attached hydrogen (secondary N) is 1. The lowest BCUT2D eigenvalue weighted by atomic mass is 10.2. The molecule has 59 heavy (non-hydrogen) atoms. The molecule has 2 aliphatic heterocycles. The van der Waals surface area contributed by atoms with Crippen molar-refractivity contribution in [3.05, 3.63) is 85.7 Å². The fourth-order valence-electron chi connectivity index (χ4n) is 5.49. The molecule has 0 unspecified atom stereocenters. The van der Waals surface area contributed by atoms with Gasteiger partial charge in [-0.15, -0.1) is 0 Å². The number of morpholine rings is 2. The summed E-state index contributed by atoms with van der Waals surface area (Å²) in [6.07, 6.45) is 6.05. The molecular formula is C34H43ClF2N12O8S2. The molecule has 0 amide bonds. The van der Waals surface area contributed by atoms with Gasteiger partial charge in [0.1, 0.15) is 23.0 Å². The summed E-state index contributed by atoms with van der Waals surface area (Å²) in [4.78, 5) is 40.6. The lowest BCUT2D eigenvalue weighted by molar-refractivity contribution is -0.386. The molecule has 2 fully saturated rings. The molecule has 0 spiro atoms. The number of nitrogens with zero attached hydrogens (tertiary/aromatic N) is 10. The summed E-state index contributed by atoms with van der Waals surface area (Å²) < 4.78 is 69.4. The summed E-state index contributed by atoms with van der Waals surface area (Å²) in [6.45, 7) is 7.64. The van der Waals surface area contributed by atoms with Crippen LogP contribution in [0.1, 0.15) is 13.8 Å². The highest BCUT2D eigenvalue weighted by Gasteiger charge is 2.25. The minimum absolute atomic E-state index is 0.0164. The summed E-state index contributed by atoms with van der Waals surface area (Å²) in [5, 5.41) is 24.2. The molecule has 3 N–H and O–H groups in total. The van der Waals surface area contributed by atoms with E-state index in [-0.39, 0.29) is 40.5 Å². The van der Waals surface area contributed by atoms with Gasteiger partial charge in [-0.1, -0.05) is 12.1 Å². The van der Waals surface area contributed by atoms with E-state index in [0.29, 0.717) is 50.4 Å². The zero-order chi connectivity index (χ0) is 43.7. The number of aromatic nitrogens is 4. The van der Waals surface area contributed by atoms with Crippen LogP contribution in [0.5, 0.6) is 0 Å². The summed E-state index contributed by atoms with van der Waals surface area (Å²) >= 11 is 5.91. The van der Waals surface area contributed by atoms with Crippen LogP contribution in [0, 0.1) is 31.9 Å². The van der Waals surface area contributed by atoms with Gasteiger partial charge in [-0.2, -0.15) is 32.5 Å². The number of nitro benzene ring substituents is 2. The fourth-order valence-corrected chi connectivity index (χ4v) is 6.75. The van der Waals surface area contributed by atoms with Crippen LogP contribution in [0.4, 0.5) is 60.8 Å². The number of para-hydroxylation sites is 2. The van der Waals surface area contributed by atoms with Crippen LogP contribution >= 0.6 is 11.6 Å². The summed E-state index contributed by atoms with van der Waals surface area (Å²) in [5.74, 6) is -0.202. The number of nitro groups is 2. The van der Waals surface area contributed by atoms with Gasteiger partial charge in [0, 0.05) is 69.7 Å². The topological polar surface area (TPSA) is 260 Å². The second-order valence-corrected chi connectivity index (χ2v) is 18.9. The molecule has 4 aromatic rings. The van der Waals surface area contributed by atoms with Gasteiger partial charge in [-0.3, -0.25) is 20.2 Å². The van der Waals surface area contributed by atoms with Gasteiger partial charge >= 0.3 is 11.4 Å². The lowest BCUT2D eigenvalue weighted by Crippen LogP contribution is -2.44. The number of ether oxygens (including phenoxy) is 2. The van der Waals surface area contributed by atoms with Crippen LogP contribution in [-0.2, 0) is 28.9 Å².